The minimum atomic E-state index is -0.354. The van der Waals surface area contributed by atoms with Crippen LogP contribution in [0.1, 0.15) is 16.2 Å². The van der Waals surface area contributed by atoms with Gasteiger partial charge in [-0.25, -0.2) is 4.39 Å². The lowest BCUT2D eigenvalue weighted by Crippen LogP contribution is -2.27. The topological polar surface area (TPSA) is 59.2 Å². The van der Waals surface area contributed by atoms with Crippen molar-refractivity contribution >= 4 is 5.91 Å². The molecule has 0 aliphatic carbocycles. The Hall–Kier alpha value is -3.02. The van der Waals surface area contributed by atoms with Crippen molar-refractivity contribution in [1.82, 2.24) is 15.0 Å². The number of aromatic nitrogens is 2. The number of nitrogens with zero attached hydrogens (tertiary/aromatic N) is 3. The number of benzene rings is 2. The van der Waals surface area contributed by atoms with Crippen molar-refractivity contribution in [3.05, 3.63) is 71.8 Å². The Morgan fingerprint density at radius 2 is 1.83 bits per heavy atom. The van der Waals surface area contributed by atoms with Gasteiger partial charge in [-0.05, 0) is 29.8 Å². The maximum absolute atomic E-state index is 12.9. The van der Waals surface area contributed by atoms with Crippen LogP contribution in [-0.4, -0.2) is 28.0 Å². The van der Waals surface area contributed by atoms with Crippen LogP contribution >= 0.6 is 0 Å². The SMILES string of the molecule is CN(Cc1ccccc1)C(=O)c1noc(-c2ccc(F)cc2)n1. The van der Waals surface area contributed by atoms with Crippen LogP contribution in [0.25, 0.3) is 11.5 Å². The second kappa shape index (κ2) is 6.39. The van der Waals surface area contributed by atoms with Crippen LogP contribution in [-0.2, 0) is 6.54 Å². The number of hydrogen-bond acceptors (Lipinski definition) is 4. The van der Waals surface area contributed by atoms with E-state index in [0.29, 0.717) is 12.1 Å². The van der Waals surface area contributed by atoms with Crippen LogP contribution in [0.2, 0.25) is 0 Å². The molecule has 116 valence electrons. The summed E-state index contributed by atoms with van der Waals surface area (Å²) < 4.78 is 18.0. The van der Waals surface area contributed by atoms with Crippen LogP contribution in [0.4, 0.5) is 4.39 Å². The highest BCUT2D eigenvalue weighted by atomic mass is 19.1. The Kier molecular flexibility index (Phi) is 4.14. The van der Waals surface area contributed by atoms with Gasteiger partial charge in [0.1, 0.15) is 5.82 Å². The molecule has 0 saturated heterocycles. The minimum Gasteiger partial charge on any atom is -0.335 e. The van der Waals surface area contributed by atoms with E-state index in [-0.39, 0.29) is 23.4 Å². The van der Waals surface area contributed by atoms with Crippen LogP contribution < -0.4 is 0 Å². The van der Waals surface area contributed by atoms with E-state index in [9.17, 15) is 9.18 Å². The van der Waals surface area contributed by atoms with Gasteiger partial charge in [0.15, 0.2) is 0 Å². The molecule has 0 aliphatic rings. The first-order chi connectivity index (χ1) is 11.1. The van der Waals surface area contributed by atoms with Crippen LogP contribution in [0.3, 0.4) is 0 Å². The number of carbonyl (C=O) groups excluding carboxylic acids is 1. The third-order valence-electron chi connectivity index (χ3n) is 3.32. The Morgan fingerprint density at radius 3 is 2.52 bits per heavy atom. The average molecular weight is 311 g/mol. The summed E-state index contributed by atoms with van der Waals surface area (Å²) >= 11 is 0. The summed E-state index contributed by atoms with van der Waals surface area (Å²) in [5.41, 5.74) is 1.56. The zero-order valence-electron chi connectivity index (χ0n) is 12.4. The first-order valence-corrected chi connectivity index (χ1v) is 7.02. The van der Waals surface area contributed by atoms with Gasteiger partial charge in [0.2, 0.25) is 0 Å². The standard InChI is InChI=1S/C17H14FN3O2/c1-21(11-12-5-3-2-4-6-12)17(22)15-19-16(23-20-15)13-7-9-14(18)10-8-13/h2-10H,11H2,1H3. The summed E-state index contributed by atoms with van der Waals surface area (Å²) in [6, 6.07) is 15.2. The van der Waals surface area contributed by atoms with Gasteiger partial charge in [0, 0.05) is 19.2 Å². The summed E-state index contributed by atoms with van der Waals surface area (Å²) in [6.07, 6.45) is 0. The number of halogens is 1. The highest BCUT2D eigenvalue weighted by molar-refractivity contribution is 5.90. The second-order valence-electron chi connectivity index (χ2n) is 5.08. The third kappa shape index (κ3) is 3.42. The number of amides is 1. The van der Waals surface area contributed by atoms with Gasteiger partial charge in [0.25, 0.3) is 17.6 Å². The molecular weight excluding hydrogens is 297 g/mol. The molecule has 0 bridgehead atoms. The van der Waals surface area contributed by atoms with Gasteiger partial charge in [0.05, 0.1) is 0 Å². The van der Waals surface area contributed by atoms with Crippen LogP contribution in [0, 0.1) is 5.82 Å². The summed E-state index contributed by atoms with van der Waals surface area (Å²) in [4.78, 5) is 17.9. The molecule has 0 spiro atoms. The molecule has 23 heavy (non-hydrogen) atoms. The quantitative estimate of drug-likeness (QED) is 0.742. The van der Waals surface area contributed by atoms with Gasteiger partial charge >= 0.3 is 0 Å². The minimum absolute atomic E-state index is 0.0252. The normalized spacial score (nSPS) is 10.5. The van der Waals surface area contributed by atoms with E-state index < -0.39 is 0 Å². The molecule has 0 unspecified atom stereocenters. The van der Waals surface area contributed by atoms with Gasteiger partial charge in [-0.2, -0.15) is 4.98 Å². The lowest BCUT2D eigenvalue weighted by atomic mass is 10.2. The van der Waals surface area contributed by atoms with Crippen molar-refractivity contribution in [3.8, 4) is 11.5 Å². The fourth-order valence-corrected chi connectivity index (χ4v) is 2.12. The molecule has 5 nitrogen and oxygen atoms in total. The van der Waals surface area contributed by atoms with Crippen molar-refractivity contribution in [1.29, 1.82) is 0 Å². The largest absolute Gasteiger partial charge is 0.335 e. The molecule has 0 radical (unpaired) electrons. The summed E-state index contributed by atoms with van der Waals surface area (Å²) in [7, 11) is 1.67. The fourth-order valence-electron chi connectivity index (χ4n) is 2.12. The van der Waals surface area contributed by atoms with E-state index in [0.717, 1.165) is 5.56 Å². The Balaban J connectivity index is 1.74. The van der Waals surface area contributed by atoms with Crippen molar-refractivity contribution in [2.45, 2.75) is 6.54 Å². The average Bonchev–Trinajstić information content (AvgIpc) is 3.05. The van der Waals surface area contributed by atoms with E-state index in [1.165, 1.54) is 29.2 Å². The molecule has 0 N–H and O–H groups in total. The molecule has 3 aromatic rings. The number of carbonyl (C=O) groups is 1. The molecule has 0 atom stereocenters. The summed E-state index contributed by atoms with van der Waals surface area (Å²) in [6.45, 7) is 0.445. The molecular formula is C17H14FN3O2. The van der Waals surface area contributed by atoms with E-state index >= 15 is 0 Å². The zero-order chi connectivity index (χ0) is 16.2. The van der Waals surface area contributed by atoms with Crippen LogP contribution in [0.15, 0.2) is 59.1 Å². The van der Waals surface area contributed by atoms with Gasteiger partial charge < -0.3 is 9.42 Å². The summed E-state index contributed by atoms with van der Waals surface area (Å²) in [5.74, 6) is -0.539. The lowest BCUT2D eigenvalue weighted by molar-refractivity contribution is 0.0769. The molecule has 3 rings (SSSR count). The highest BCUT2D eigenvalue weighted by Gasteiger charge is 2.19. The predicted molar refractivity (Wildman–Crippen MR) is 81.9 cm³/mol. The van der Waals surface area contributed by atoms with Crippen LogP contribution in [0.5, 0.6) is 0 Å². The van der Waals surface area contributed by atoms with Crippen molar-refractivity contribution in [3.63, 3.8) is 0 Å². The smallest absolute Gasteiger partial charge is 0.295 e. The third-order valence-corrected chi connectivity index (χ3v) is 3.32. The number of hydrogen-bond donors (Lipinski definition) is 0. The Bertz CT molecular complexity index is 800. The molecule has 6 heteroatoms. The van der Waals surface area contributed by atoms with E-state index in [1.807, 2.05) is 30.3 Å². The predicted octanol–water partition coefficient (Wildman–Crippen LogP) is 3.15. The first kappa shape index (κ1) is 14.9. The highest BCUT2D eigenvalue weighted by Crippen LogP contribution is 2.18. The van der Waals surface area contributed by atoms with Gasteiger partial charge in [-0.1, -0.05) is 35.5 Å². The van der Waals surface area contributed by atoms with Crippen molar-refractivity contribution < 1.29 is 13.7 Å². The molecule has 0 saturated carbocycles. The van der Waals surface area contributed by atoms with Gasteiger partial charge in [-0.3, -0.25) is 4.79 Å². The summed E-state index contributed by atoms with van der Waals surface area (Å²) in [5, 5.41) is 3.71. The zero-order valence-corrected chi connectivity index (χ0v) is 12.4. The number of rotatable bonds is 4. The van der Waals surface area contributed by atoms with E-state index in [2.05, 4.69) is 10.1 Å². The molecule has 1 aromatic heterocycles. The molecule has 1 amide bonds. The first-order valence-electron chi connectivity index (χ1n) is 7.02. The van der Waals surface area contributed by atoms with Crippen molar-refractivity contribution in [2.24, 2.45) is 0 Å². The second-order valence-corrected chi connectivity index (χ2v) is 5.08. The van der Waals surface area contributed by atoms with E-state index in [1.54, 1.807) is 7.05 Å². The molecule has 2 aromatic carbocycles. The van der Waals surface area contributed by atoms with Gasteiger partial charge in [-0.15, -0.1) is 0 Å². The Morgan fingerprint density at radius 1 is 1.13 bits per heavy atom. The van der Waals surface area contributed by atoms with Crippen molar-refractivity contribution in [2.75, 3.05) is 7.05 Å². The lowest BCUT2D eigenvalue weighted by Gasteiger charge is -2.14. The fraction of sp³-hybridized carbons (Fsp3) is 0.118. The molecule has 0 fully saturated rings. The monoisotopic (exact) mass is 311 g/mol. The van der Waals surface area contributed by atoms with E-state index in [4.69, 9.17) is 4.52 Å². The Labute approximate surface area is 132 Å². The maximum atomic E-state index is 12.9. The maximum Gasteiger partial charge on any atom is 0.295 e. The molecule has 0 aliphatic heterocycles. The molecule has 1 heterocycles.